The van der Waals surface area contributed by atoms with Crippen molar-refractivity contribution < 1.29 is 4.79 Å². The van der Waals surface area contributed by atoms with Gasteiger partial charge in [0, 0.05) is 11.8 Å². The van der Waals surface area contributed by atoms with Gasteiger partial charge in [0.1, 0.15) is 5.78 Å². The van der Waals surface area contributed by atoms with E-state index in [1.165, 1.54) is 51.4 Å². The van der Waals surface area contributed by atoms with Crippen LogP contribution in [0.1, 0.15) is 58.3 Å². The van der Waals surface area contributed by atoms with Crippen LogP contribution < -0.4 is 0 Å². The fraction of sp³-hybridized carbons (Fsp3) is 0.933. The molecule has 1 heteroatoms. The number of ketones is 1. The van der Waals surface area contributed by atoms with Crippen LogP contribution in [0.4, 0.5) is 0 Å². The smallest absolute Gasteiger partial charge is 0.139 e. The van der Waals surface area contributed by atoms with E-state index in [0.29, 0.717) is 17.6 Å². The first-order valence-electron chi connectivity index (χ1n) is 7.31. The van der Waals surface area contributed by atoms with Gasteiger partial charge >= 0.3 is 0 Å². The van der Waals surface area contributed by atoms with Crippen molar-refractivity contribution >= 4 is 5.78 Å². The lowest BCUT2D eigenvalue weighted by atomic mass is 9.79. The van der Waals surface area contributed by atoms with Crippen molar-refractivity contribution in [3.8, 4) is 0 Å². The van der Waals surface area contributed by atoms with E-state index >= 15 is 0 Å². The Morgan fingerprint density at radius 1 is 0.938 bits per heavy atom. The average Bonchev–Trinajstić information content (AvgIpc) is 3.02. The molecule has 0 aromatic carbocycles. The maximum Gasteiger partial charge on any atom is 0.139 e. The number of rotatable bonds is 2. The van der Waals surface area contributed by atoms with Gasteiger partial charge in [0.2, 0.25) is 0 Å². The van der Waals surface area contributed by atoms with Gasteiger partial charge in [-0.25, -0.2) is 0 Å². The normalized spacial score (nSPS) is 47.2. The third-order valence-electron chi connectivity index (χ3n) is 5.32. The van der Waals surface area contributed by atoms with Gasteiger partial charge in [-0.3, -0.25) is 4.79 Å². The topological polar surface area (TPSA) is 17.1 Å². The molecule has 3 saturated carbocycles. The highest BCUT2D eigenvalue weighted by atomic mass is 16.1. The Hall–Kier alpha value is -0.330. The molecule has 4 atom stereocenters. The summed E-state index contributed by atoms with van der Waals surface area (Å²) in [6.07, 6.45) is 10.5. The Morgan fingerprint density at radius 3 is 2.25 bits per heavy atom. The lowest BCUT2D eigenvalue weighted by Crippen LogP contribution is -2.23. The Balaban J connectivity index is 1.61. The van der Waals surface area contributed by atoms with Crippen molar-refractivity contribution in [3.63, 3.8) is 0 Å². The molecule has 0 aromatic heterocycles. The molecule has 0 radical (unpaired) electrons. The molecule has 4 unspecified atom stereocenters. The number of carbonyl (C=O) groups excluding carboxylic acids is 1. The minimum absolute atomic E-state index is 0.444. The second-order valence-corrected chi connectivity index (χ2v) is 6.51. The van der Waals surface area contributed by atoms with E-state index in [9.17, 15) is 4.79 Å². The van der Waals surface area contributed by atoms with Crippen LogP contribution in [0.2, 0.25) is 0 Å². The predicted molar refractivity (Wildman–Crippen MR) is 65.1 cm³/mol. The highest BCUT2D eigenvalue weighted by Crippen LogP contribution is 2.57. The van der Waals surface area contributed by atoms with Gasteiger partial charge in [0.25, 0.3) is 0 Å². The van der Waals surface area contributed by atoms with E-state index < -0.39 is 0 Å². The number of hydrogen-bond acceptors (Lipinski definition) is 1. The summed E-state index contributed by atoms with van der Waals surface area (Å²) in [7, 11) is 0. The second kappa shape index (κ2) is 4.16. The van der Waals surface area contributed by atoms with Crippen LogP contribution in [0.3, 0.4) is 0 Å². The Bertz CT molecular complexity index is 267. The SMILES string of the molecule is CC1CCCC(C(=O)C2C3CCCCC32)C1. The molecule has 0 spiro atoms. The largest absolute Gasteiger partial charge is 0.299 e. The molecule has 0 saturated heterocycles. The summed E-state index contributed by atoms with van der Waals surface area (Å²) in [4.78, 5) is 12.5. The maximum absolute atomic E-state index is 12.5. The Labute approximate surface area is 99.0 Å². The maximum atomic E-state index is 12.5. The summed E-state index contributed by atoms with van der Waals surface area (Å²) in [5.74, 6) is 4.06. The molecule has 90 valence electrons. The van der Waals surface area contributed by atoms with Gasteiger partial charge in [0.15, 0.2) is 0 Å². The average molecular weight is 220 g/mol. The van der Waals surface area contributed by atoms with Crippen LogP contribution in [-0.4, -0.2) is 5.78 Å². The van der Waals surface area contributed by atoms with Crippen LogP contribution in [0, 0.1) is 29.6 Å². The van der Waals surface area contributed by atoms with Gasteiger partial charge in [-0.15, -0.1) is 0 Å². The molecular formula is C15H24O. The third-order valence-corrected chi connectivity index (χ3v) is 5.32. The second-order valence-electron chi connectivity index (χ2n) is 6.51. The quantitative estimate of drug-likeness (QED) is 0.691. The van der Waals surface area contributed by atoms with Crippen molar-refractivity contribution in [1.82, 2.24) is 0 Å². The van der Waals surface area contributed by atoms with E-state index in [1.807, 2.05) is 0 Å². The first kappa shape index (κ1) is 10.8. The van der Waals surface area contributed by atoms with Gasteiger partial charge in [-0.2, -0.15) is 0 Å². The zero-order valence-electron chi connectivity index (χ0n) is 10.5. The molecule has 0 bridgehead atoms. The standard InChI is InChI=1S/C15H24O/c1-10-5-4-6-11(9-10)15(16)14-12-7-2-3-8-13(12)14/h10-14H,2-9H2,1H3. The highest BCUT2D eigenvalue weighted by Gasteiger charge is 2.55. The monoisotopic (exact) mass is 220 g/mol. The molecule has 0 aromatic rings. The zero-order chi connectivity index (χ0) is 11.1. The number of hydrogen-bond donors (Lipinski definition) is 0. The lowest BCUT2D eigenvalue weighted by molar-refractivity contribution is -0.126. The molecule has 3 aliphatic carbocycles. The van der Waals surface area contributed by atoms with Gasteiger partial charge in [-0.1, -0.05) is 32.6 Å². The minimum atomic E-state index is 0.444. The van der Waals surface area contributed by atoms with Crippen LogP contribution >= 0.6 is 0 Å². The lowest BCUT2D eigenvalue weighted by Gasteiger charge is -2.25. The Kier molecular flexibility index (Phi) is 2.81. The van der Waals surface area contributed by atoms with Gasteiger partial charge < -0.3 is 0 Å². The highest BCUT2D eigenvalue weighted by molar-refractivity contribution is 5.86. The van der Waals surface area contributed by atoms with E-state index in [1.54, 1.807) is 0 Å². The summed E-state index contributed by atoms with van der Waals surface area (Å²) < 4.78 is 0. The molecule has 0 N–H and O–H groups in total. The van der Waals surface area contributed by atoms with Crippen molar-refractivity contribution in [2.45, 2.75) is 58.3 Å². The number of Topliss-reactive ketones (excluding diaryl/α,β-unsaturated/α-hetero) is 1. The summed E-state index contributed by atoms with van der Waals surface area (Å²) in [5, 5.41) is 0. The summed E-state index contributed by atoms with van der Waals surface area (Å²) in [6, 6.07) is 0. The first-order chi connectivity index (χ1) is 7.77. The van der Waals surface area contributed by atoms with Gasteiger partial charge in [0.05, 0.1) is 0 Å². The van der Waals surface area contributed by atoms with Gasteiger partial charge in [-0.05, 0) is 43.4 Å². The molecule has 0 amide bonds. The molecular weight excluding hydrogens is 196 g/mol. The predicted octanol–water partition coefficient (Wildman–Crippen LogP) is 3.82. The molecule has 0 aliphatic heterocycles. The van der Waals surface area contributed by atoms with E-state index in [0.717, 1.165) is 17.8 Å². The molecule has 3 fully saturated rings. The molecule has 0 heterocycles. The van der Waals surface area contributed by atoms with E-state index in [-0.39, 0.29) is 0 Å². The number of fused-ring (bicyclic) bond motifs is 1. The third kappa shape index (κ3) is 1.83. The first-order valence-corrected chi connectivity index (χ1v) is 7.31. The Morgan fingerprint density at radius 2 is 1.62 bits per heavy atom. The molecule has 3 aliphatic rings. The van der Waals surface area contributed by atoms with Crippen molar-refractivity contribution in [2.75, 3.05) is 0 Å². The number of carbonyl (C=O) groups is 1. The van der Waals surface area contributed by atoms with Crippen LogP contribution in [0.15, 0.2) is 0 Å². The van der Waals surface area contributed by atoms with Crippen LogP contribution in [0.5, 0.6) is 0 Å². The van der Waals surface area contributed by atoms with Crippen molar-refractivity contribution in [1.29, 1.82) is 0 Å². The van der Waals surface area contributed by atoms with E-state index in [2.05, 4.69) is 6.92 Å². The summed E-state index contributed by atoms with van der Waals surface area (Å²) in [6.45, 7) is 2.32. The van der Waals surface area contributed by atoms with Crippen molar-refractivity contribution in [2.24, 2.45) is 29.6 Å². The van der Waals surface area contributed by atoms with E-state index in [4.69, 9.17) is 0 Å². The summed E-state index contributed by atoms with van der Waals surface area (Å²) >= 11 is 0. The summed E-state index contributed by atoms with van der Waals surface area (Å²) in [5.41, 5.74) is 0. The fourth-order valence-electron chi connectivity index (χ4n) is 4.38. The minimum Gasteiger partial charge on any atom is -0.299 e. The zero-order valence-corrected chi connectivity index (χ0v) is 10.5. The van der Waals surface area contributed by atoms with Crippen LogP contribution in [0.25, 0.3) is 0 Å². The fourth-order valence-corrected chi connectivity index (χ4v) is 4.38. The van der Waals surface area contributed by atoms with Crippen molar-refractivity contribution in [3.05, 3.63) is 0 Å². The molecule has 16 heavy (non-hydrogen) atoms. The molecule has 3 rings (SSSR count). The molecule has 1 nitrogen and oxygen atoms in total. The van der Waals surface area contributed by atoms with Crippen LogP contribution in [-0.2, 0) is 4.79 Å².